The van der Waals surface area contributed by atoms with Gasteiger partial charge in [0.05, 0.1) is 13.0 Å². The lowest BCUT2D eigenvalue weighted by Gasteiger charge is -2.19. The first-order valence-corrected chi connectivity index (χ1v) is 8.24. The Hall–Kier alpha value is -3.22. The molecule has 3 rings (SSSR count). The molecule has 7 heteroatoms. The predicted molar refractivity (Wildman–Crippen MR) is 93.6 cm³/mol. The third-order valence-corrected chi connectivity index (χ3v) is 3.51. The van der Waals surface area contributed by atoms with Crippen molar-refractivity contribution in [2.45, 2.75) is 6.42 Å². The topological polar surface area (TPSA) is 83.1 Å². The van der Waals surface area contributed by atoms with Gasteiger partial charge in [-0.15, -0.1) is 0 Å². The third kappa shape index (κ3) is 5.14. The predicted octanol–water partition coefficient (Wildman–Crippen LogP) is 2.41. The van der Waals surface area contributed by atoms with Crippen LogP contribution in [-0.2, 0) is 14.3 Å². The number of hydrogen-bond donors (Lipinski definition) is 1. The van der Waals surface area contributed by atoms with E-state index in [2.05, 4.69) is 5.32 Å². The van der Waals surface area contributed by atoms with Crippen molar-refractivity contribution >= 4 is 17.6 Å². The van der Waals surface area contributed by atoms with Crippen LogP contribution in [0, 0.1) is 0 Å². The van der Waals surface area contributed by atoms with Crippen molar-refractivity contribution in [1.82, 2.24) is 0 Å². The zero-order valence-corrected chi connectivity index (χ0v) is 14.1. The molecule has 0 radical (unpaired) electrons. The van der Waals surface area contributed by atoms with Crippen LogP contribution in [0.15, 0.2) is 48.5 Å². The standard InChI is InChI=1S/C19H19NO6/c21-18(20-14-6-7-16-17(12-14)25-11-10-24-16)13-26-19(22)8-9-23-15-4-2-1-3-5-15/h1-7,12H,8-11,13H2,(H,20,21). The molecule has 7 nitrogen and oxygen atoms in total. The largest absolute Gasteiger partial charge is 0.493 e. The fourth-order valence-electron chi connectivity index (χ4n) is 2.31. The summed E-state index contributed by atoms with van der Waals surface area (Å²) < 4.78 is 21.2. The molecule has 0 saturated carbocycles. The van der Waals surface area contributed by atoms with Crippen LogP contribution in [0.5, 0.6) is 17.2 Å². The molecule has 2 aromatic rings. The molecule has 0 aromatic heterocycles. The second kappa shape index (κ2) is 8.75. The summed E-state index contributed by atoms with van der Waals surface area (Å²) in [6, 6.07) is 14.2. The molecule has 2 aromatic carbocycles. The number of carbonyl (C=O) groups excluding carboxylic acids is 2. The number of ether oxygens (including phenoxy) is 4. The highest BCUT2D eigenvalue weighted by molar-refractivity contribution is 5.93. The summed E-state index contributed by atoms with van der Waals surface area (Å²) in [5, 5.41) is 2.65. The monoisotopic (exact) mass is 357 g/mol. The van der Waals surface area contributed by atoms with Gasteiger partial charge in [0.1, 0.15) is 19.0 Å². The SMILES string of the molecule is O=C(COC(=O)CCOc1ccccc1)Nc1ccc2c(c1)OCCO2. The molecular formula is C19H19NO6. The molecule has 1 heterocycles. The first-order chi connectivity index (χ1) is 12.7. The maximum absolute atomic E-state index is 11.9. The molecule has 0 aliphatic carbocycles. The van der Waals surface area contributed by atoms with Gasteiger partial charge in [0.25, 0.3) is 5.91 Å². The van der Waals surface area contributed by atoms with E-state index in [0.29, 0.717) is 36.1 Å². The number of benzene rings is 2. The highest BCUT2D eigenvalue weighted by Gasteiger charge is 2.13. The molecule has 0 spiro atoms. The zero-order chi connectivity index (χ0) is 18.2. The molecule has 136 valence electrons. The molecule has 1 amide bonds. The van der Waals surface area contributed by atoms with Gasteiger partial charge in [0.15, 0.2) is 18.1 Å². The minimum Gasteiger partial charge on any atom is -0.493 e. The Bertz CT molecular complexity index is 762. The zero-order valence-electron chi connectivity index (χ0n) is 14.1. The molecule has 0 fully saturated rings. The number of rotatable bonds is 7. The number of para-hydroxylation sites is 1. The summed E-state index contributed by atoms with van der Waals surface area (Å²) in [5.41, 5.74) is 0.544. The number of amides is 1. The van der Waals surface area contributed by atoms with Gasteiger partial charge < -0.3 is 24.3 Å². The van der Waals surface area contributed by atoms with Gasteiger partial charge in [-0.3, -0.25) is 9.59 Å². The van der Waals surface area contributed by atoms with Gasteiger partial charge >= 0.3 is 5.97 Å². The normalized spacial score (nSPS) is 12.2. The van der Waals surface area contributed by atoms with Crippen molar-refractivity contribution in [3.63, 3.8) is 0 Å². The van der Waals surface area contributed by atoms with E-state index in [-0.39, 0.29) is 19.6 Å². The summed E-state index contributed by atoms with van der Waals surface area (Å²) in [7, 11) is 0. The van der Waals surface area contributed by atoms with Crippen LogP contribution in [0.25, 0.3) is 0 Å². The van der Waals surface area contributed by atoms with Gasteiger partial charge in [-0.05, 0) is 24.3 Å². The van der Waals surface area contributed by atoms with Crippen molar-refractivity contribution in [3.05, 3.63) is 48.5 Å². The molecule has 1 N–H and O–H groups in total. The Morgan fingerprint density at radius 2 is 1.77 bits per heavy atom. The van der Waals surface area contributed by atoms with E-state index in [1.54, 1.807) is 30.3 Å². The maximum Gasteiger partial charge on any atom is 0.309 e. The number of carbonyl (C=O) groups is 2. The van der Waals surface area contributed by atoms with Gasteiger partial charge in [-0.25, -0.2) is 0 Å². The lowest BCUT2D eigenvalue weighted by Crippen LogP contribution is -2.22. The molecular weight excluding hydrogens is 338 g/mol. The van der Waals surface area contributed by atoms with Crippen molar-refractivity contribution in [1.29, 1.82) is 0 Å². The van der Waals surface area contributed by atoms with E-state index >= 15 is 0 Å². The summed E-state index contributed by atoms with van der Waals surface area (Å²) in [4.78, 5) is 23.6. The van der Waals surface area contributed by atoms with Crippen LogP contribution in [0.4, 0.5) is 5.69 Å². The lowest BCUT2D eigenvalue weighted by molar-refractivity contribution is -0.147. The Morgan fingerprint density at radius 3 is 2.58 bits per heavy atom. The number of esters is 1. The quantitative estimate of drug-likeness (QED) is 0.766. The Labute approximate surface area is 150 Å². The Morgan fingerprint density at radius 1 is 1.00 bits per heavy atom. The second-order valence-electron chi connectivity index (χ2n) is 5.48. The number of hydrogen-bond acceptors (Lipinski definition) is 6. The van der Waals surface area contributed by atoms with Gasteiger partial charge in [0.2, 0.25) is 0 Å². The second-order valence-corrected chi connectivity index (χ2v) is 5.48. The van der Waals surface area contributed by atoms with Crippen molar-refractivity contribution in [3.8, 4) is 17.2 Å². The van der Waals surface area contributed by atoms with Gasteiger partial charge in [-0.2, -0.15) is 0 Å². The average Bonchev–Trinajstić information content (AvgIpc) is 2.67. The highest BCUT2D eigenvalue weighted by Crippen LogP contribution is 2.32. The molecule has 0 bridgehead atoms. The molecule has 1 aliphatic heterocycles. The fraction of sp³-hybridized carbons (Fsp3) is 0.263. The van der Waals surface area contributed by atoms with Crippen molar-refractivity contribution in [2.75, 3.05) is 31.7 Å². The Kier molecular flexibility index (Phi) is 5.92. The molecule has 26 heavy (non-hydrogen) atoms. The first-order valence-electron chi connectivity index (χ1n) is 8.24. The molecule has 0 unspecified atom stereocenters. The molecule has 0 atom stereocenters. The van der Waals surface area contributed by atoms with Crippen LogP contribution in [0.2, 0.25) is 0 Å². The summed E-state index contributed by atoms with van der Waals surface area (Å²) in [6.07, 6.45) is 0.0617. The van der Waals surface area contributed by atoms with E-state index in [1.807, 2.05) is 18.2 Å². The van der Waals surface area contributed by atoms with Crippen LogP contribution in [-0.4, -0.2) is 38.3 Å². The Balaban J connectivity index is 1.37. The van der Waals surface area contributed by atoms with Gasteiger partial charge in [0, 0.05) is 11.8 Å². The lowest BCUT2D eigenvalue weighted by atomic mass is 10.2. The van der Waals surface area contributed by atoms with Crippen LogP contribution < -0.4 is 19.5 Å². The first kappa shape index (κ1) is 17.6. The van der Waals surface area contributed by atoms with Crippen molar-refractivity contribution < 1.29 is 28.5 Å². The van der Waals surface area contributed by atoms with Crippen LogP contribution in [0.3, 0.4) is 0 Å². The number of fused-ring (bicyclic) bond motifs is 1. The maximum atomic E-state index is 11.9. The number of nitrogens with one attached hydrogen (secondary N) is 1. The fourth-order valence-corrected chi connectivity index (χ4v) is 2.31. The van der Waals surface area contributed by atoms with Gasteiger partial charge in [-0.1, -0.05) is 18.2 Å². The van der Waals surface area contributed by atoms with E-state index in [4.69, 9.17) is 18.9 Å². The summed E-state index contributed by atoms with van der Waals surface area (Å²) >= 11 is 0. The highest BCUT2D eigenvalue weighted by atomic mass is 16.6. The summed E-state index contributed by atoms with van der Waals surface area (Å²) in [5.74, 6) is 0.956. The smallest absolute Gasteiger partial charge is 0.309 e. The average molecular weight is 357 g/mol. The van der Waals surface area contributed by atoms with Crippen LogP contribution in [0.1, 0.15) is 6.42 Å². The molecule has 1 aliphatic rings. The van der Waals surface area contributed by atoms with E-state index in [0.717, 1.165) is 0 Å². The third-order valence-electron chi connectivity index (χ3n) is 3.51. The van der Waals surface area contributed by atoms with Crippen molar-refractivity contribution in [2.24, 2.45) is 0 Å². The summed E-state index contributed by atoms with van der Waals surface area (Å²) in [6.45, 7) is 0.793. The molecule has 0 saturated heterocycles. The minimum atomic E-state index is -0.502. The van der Waals surface area contributed by atoms with E-state index in [1.165, 1.54) is 0 Å². The minimum absolute atomic E-state index is 0.0617. The van der Waals surface area contributed by atoms with E-state index in [9.17, 15) is 9.59 Å². The van der Waals surface area contributed by atoms with E-state index < -0.39 is 11.9 Å². The van der Waals surface area contributed by atoms with Crippen LogP contribution >= 0.6 is 0 Å². The number of anilines is 1.